The molecule has 1 rings (SSSR count). The Hall–Kier alpha value is -1.21. The third-order valence-corrected chi connectivity index (χ3v) is 3.42. The van der Waals surface area contributed by atoms with Crippen molar-refractivity contribution in [3.8, 4) is 0 Å². The molecule has 96 valence electrons. The first-order valence-corrected chi connectivity index (χ1v) is 6.35. The van der Waals surface area contributed by atoms with E-state index >= 15 is 0 Å². The van der Waals surface area contributed by atoms with Crippen LogP contribution in [0.25, 0.3) is 0 Å². The summed E-state index contributed by atoms with van der Waals surface area (Å²) in [5.74, 6) is -0.220. The molecule has 1 saturated heterocycles. The van der Waals surface area contributed by atoms with Crippen LogP contribution in [-0.2, 0) is 4.79 Å². The van der Waals surface area contributed by atoms with Gasteiger partial charge in [0.25, 0.3) is 0 Å². The normalized spacial score (nSPS) is 19.1. The van der Waals surface area contributed by atoms with E-state index in [1.807, 2.05) is 0 Å². The smallest absolute Gasteiger partial charge is 0.327 e. The van der Waals surface area contributed by atoms with Gasteiger partial charge in [0.1, 0.15) is 6.04 Å². The highest BCUT2D eigenvalue weighted by atomic mass is 32.2. The maximum Gasteiger partial charge on any atom is 0.327 e. The number of carbonyl (C=O) groups is 2. The second-order valence-corrected chi connectivity index (χ2v) is 4.56. The second kappa shape index (κ2) is 6.51. The number of amides is 2. The topological polar surface area (TPSA) is 81.1 Å². The van der Waals surface area contributed by atoms with Gasteiger partial charge >= 0.3 is 12.0 Å². The van der Waals surface area contributed by atoms with Crippen LogP contribution in [0.4, 0.5) is 4.79 Å². The predicted molar refractivity (Wildman–Crippen MR) is 64.8 cm³/mol. The van der Waals surface area contributed by atoms with Gasteiger partial charge in [-0.25, -0.2) is 9.59 Å². The van der Waals surface area contributed by atoms with Gasteiger partial charge in [-0.2, -0.15) is 0 Å². The fourth-order valence-corrected chi connectivity index (χ4v) is 2.70. The minimum atomic E-state index is -0.995. The third kappa shape index (κ3) is 3.37. The molecule has 1 fully saturated rings. The number of carboxylic acid groups (broad SMARTS) is 1. The lowest BCUT2D eigenvalue weighted by atomic mass is 10.3. The quantitative estimate of drug-likeness (QED) is 0.682. The second-order valence-electron chi connectivity index (χ2n) is 3.56. The number of nitrogens with zero attached hydrogens (tertiary/aromatic N) is 2. The first-order chi connectivity index (χ1) is 8.11. The zero-order chi connectivity index (χ0) is 12.8. The van der Waals surface area contributed by atoms with Crippen LogP contribution < -0.4 is 0 Å². The molecule has 0 aromatic rings. The molecule has 0 aromatic heterocycles. The Kier molecular flexibility index (Phi) is 5.30. The molecule has 2 amide bonds. The average molecular weight is 260 g/mol. The van der Waals surface area contributed by atoms with Crippen molar-refractivity contribution in [2.24, 2.45) is 0 Å². The van der Waals surface area contributed by atoms with E-state index < -0.39 is 12.0 Å². The Morgan fingerprint density at radius 1 is 1.59 bits per heavy atom. The minimum Gasteiger partial charge on any atom is -0.480 e. The number of carboxylic acids is 1. The zero-order valence-corrected chi connectivity index (χ0v) is 10.2. The minimum absolute atomic E-state index is 0.154. The molecule has 1 heterocycles. The van der Waals surface area contributed by atoms with Crippen molar-refractivity contribution in [1.82, 2.24) is 9.80 Å². The molecular formula is C10H16N2O4S. The van der Waals surface area contributed by atoms with E-state index in [-0.39, 0.29) is 19.2 Å². The van der Waals surface area contributed by atoms with E-state index in [2.05, 4.69) is 6.58 Å². The Morgan fingerprint density at radius 2 is 2.29 bits per heavy atom. The summed E-state index contributed by atoms with van der Waals surface area (Å²) in [6.45, 7) is 3.85. The molecule has 0 radical (unpaired) electrons. The lowest BCUT2D eigenvalue weighted by molar-refractivity contribution is -0.140. The Balaban J connectivity index is 2.71. The molecular weight excluding hydrogens is 244 g/mol. The van der Waals surface area contributed by atoms with Crippen LogP contribution >= 0.6 is 11.8 Å². The highest BCUT2D eigenvalue weighted by Gasteiger charge is 2.36. The summed E-state index contributed by atoms with van der Waals surface area (Å²) >= 11 is 1.41. The fraction of sp³-hybridized carbons (Fsp3) is 0.600. The van der Waals surface area contributed by atoms with Crippen molar-refractivity contribution in [3.63, 3.8) is 0 Å². The number of carbonyl (C=O) groups excluding carboxylic acids is 1. The van der Waals surface area contributed by atoms with Crippen LogP contribution in [0.1, 0.15) is 0 Å². The summed E-state index contributed by atoms with van der Waals surface area (Å²) in [4.78, 5) is 25.7. The molecule has 7 heteroatoms. The van der Waals surface area contributed by atoms with Crippen molar-refractivity contribution in [3.05, 3.63) is 12.7 Å². The van der Waals surface area contributed by atoms with Gasteiger partial charge in [0, 0.05) is 18.8 Å². The molecule has 6 nitrogen and oxygen atoms in total. The number of urea groups is 1. The summed E-state index contributed by atoms with van der Waals surface area (Å²) in [5, 5.41) is 17.8. The number of hydrogen-bond acceptors (Lipinski definition) is 4. The lowest BCUT2D eigenvalue weighted by Crippen LogP contribution is -2.49. The monoisotopic (exact) mass is 260 g/mol. The number of aliphatic hydroxyl groups is 1. The van der Waals surface area contributed by atoms with Gasteiger partial charge in [-0.15, -0.1) is 18.3 Å². The molecule has 17 heavy (non-hydrogen) atoms. The molecule has 0 saturated carbocycles. The largest absolute Gasteiger partial charge is 0.480 e. The molecule has 0 aromatic carbocycles. The van der Waals surface area contributed by atoms with Crippen molar-refractivity contribution in [2.75, 3.05) is 31.3 Å². The molecule has 1 atom stereocenters. The molecule has 1 aliphatic rings. The van der Waals surface area contributed by atoms with Crippen LogP contribution in [0.3, 0.4) is 0 Å². The van der Waals surface area contributed by atoms with E-state index in [1.165, 1.54) is 21.6 Å². The number of aliphatic hydroxyl groups excluding tert-OH is 1. The maximum atomic E-state index is 12.1. The SMILES string of the molecule is C=CCN(CCO)C(=O)N1CSCC1C(=O)O. The molecule has 1 unspecified atom stereocenters. The van der Waals surface area contributed by atoms with E-state index in [4.69, 9.17) is 10.2 Å². The number of rotatable bonds is 5. The molecule has 0 spiro atoms. The number of aliphatic carboxylic acids is 1. The van der Waals surface area contributed by atoms with Crippen LogP contribution in [0.15, 0.2) is 12.7 Å². The van der Waals surface area contributed by atoms with Gasteiger partial charge in [0.05, 0.1) is 12.5 Å². The van der Waals surface area contributed by atoms with Gasteiger partial charge in [-0.05, 0) is 0 Å². The van der Waals surface area contributed by atoms with Crippen LogP contribution in [0.2, 0.25) is 0 Å². The van der Waals surface area contributed by atoms with Crippen molar-refractivity contribution in [1.29, 1.82) is 0 Å². The molecule has 0 bridgehead atoms. The Morgan fingerprint density at radius 3 is 2.82 bits per heavy atom. The summed E-state index contributed by atoms with van der Waals surface area (Å²) in [6.07, 6.45) is 1.55. The number of hydrogen-bond donors (Lipinski definition) is 2. The Bertz CT molecular complexity index is 311. The first-order valence-electron chi connectivity index (χ1n) is 5.19. The molecule has 0 aliphatic carbocycles. The third-order valence-electron chi connectivity index (χ3n) is 2.40. The van der Waals surface area contributed by atoms with E-state index in [0.29, 0.717) is 18.2 Å². The van der Waals surface area contributed by atoms with Gasteiger partial charge in [-0.3, -0.25) is 0 Å². The number of thioether (sulfide) groups is 1. The van der Waals surface area contributed by atoms with Gasteiger partial charge in [0.2, 0.25) is 0 Å². The summed E-state index contributed by atoms with van der Waals surface area (Å²) in [7, 11) is 0. The van der Waals surface area contributed by atoms with E-state index in [9.17, 15) is 9.59 Å². The van der Waals surface area contributed by atoms with E-state index in [1.54, 1.807) is 6.08 Å². The van der Waals surface area contributed by atoms with Crippen LogP contribution in [0, 0.1) is 0 Å². The summed E-state index contributed by atoms with van der Waals surface area (Å²) in [5.41, 5.74) is 0. The van der Waals surface area contributed by atoms with Crippen molar-refractivity contribution in [2.45, 2.75) is 6.04 Å². The van der Waals surface area contributed by atoms with Gasteiger partial charge < -0.3 is 20.0 Å². The van der Waals surface area contributed by atoms with Gasteiger partial charge in [0.15, 0.2) is 0 Å². The summed E-state index contributed by atoms with van der Waals surface area (Å²) < 4.78 is 0. The van der Waals surface area contributed by atoms with Crippen LogP contribution in [0.5, 0.6) is 0 Å². The fourth-order valence-electron chi connectivity index (χ4n) is 1.56. The highest BCUT2D eigenvalue weighted by Crippen LogP contribution is 2.22. The first kappa shape index (κ1) is 13.9. The standard InChI is InChI=1S/C10H16N2O4S/c1-2-3-11(4-5-13)10(16)12-7-17-6-8(12)9(14)15/h2,8,13H,1,3-7H2,(H,14,15). The Labute approximate surface area is 104 Å². The molecule has 2 N–H and O–H groups in total. The van der Waals surface area contributed by atoms with E-state index in [0.717, 1.165) is 0 Å². The van der Waals surface area contributed by atoms with Crippen LogP contribution in [-0.4, -0.2) is 69.4 Å². The maximum absolute atomic E-state index is 12.1. The van der Waals surface area contributed by atoms with Crippen molar-refractivity contribution < 1.29 is 19.8 Å². The average Bonchev–Trinajstić information content (AvgIpc) is 2.76. The zero-order valence-electron chi connectivity index (χ0n) is 9.41. The lowest BCUT2D eigenvalue weighted by Gasteiger charge is -2.28. The summed E-state index contributed by atoms with van der Waals surface area (Å²) in [6, 6.07) is -1.14. The predicted octanol–water partition coefficient (Wildman–Crippen LogP) is 0.0462. The van der Waals surface area contributed by atoms with Crippen molar-refractivity contribution >= 4 is 23.8 Å². The molecule has 1 aliphatic heterocycles. The highest BCUT2D eigenvalue weighted by molar-refractivity contribution is 7.99. The van der Waals surface area contributed by atoms with Gasteiger partial charge in [-0.1, -0.05) is 6.08 Å².